The number of methoxy groups -OCH3 is 1. The van der Waals surface area contributed by atoms with E-state index >= 15 is 0 Å². The molecule has 1 aromatic carbocycles. The van der Waals surface area contributed by atoms with E-state index in [0.29, 0.717) is 34.3 Å². The van der Waals surface area contributed by atoms with E-state index in [4.69, 9.17) is 28.3 Å². The molecule has 3 aromatic rings. The van der Waals surface area contributed by atoms with Gasteiger partial charge < -0.3 is 30.5 Å². The Kier molecular flexibility index (Phi) is 10.3. The molecule has 0 bridgehead atoms. The summed E-state index contributed by atoms with van der Waals surface area (Å²) >= 11 is 0. The van der Waals surface area contributed by atoms with Gasteiger partial charge in [-0.05, 0) is 88.7 Å². The predicted octanol–water partition coefficient (Wildman–Crippen LogP) is 2.16. The average Bonchev–Trinajstić information content (AvgIpc) is 3.66. The van der Waals surface area contributed by atoms with E-state index < -0.39 is 11.1 Å². The monoisotopic (exact) mass is 659 g/mol. The molecule has 6 rings (SSSR count). The van der Waals surface area contributed by atoms with Crippen LogP contribution in [-0.2, 0) is 11.8 Å². The Morgan fingerprint density at radius 2 is 1.71 bits per heavy atom. The fourth-order valence-electron chi connectivity index (χ4n) is 6.50. The standard InChI is InChI=1S/C33H40B3N9O4/c1-43-26(32(48)45-16-11-20(12-17-45)10-15-44-13-3-4-14-44)18-24(42-43)22-6-5-7-23(29(22)49-2)37-25-19-27(38-30(46)21-8-9-21)40-41-28(25)31(47)39-33(34,35)36/h5-7,18-21H,3-4,8-17H2,1-2H3,(H,39,47)(H2,37,38,40,46). The largest absolute Gasteiger partial charge is 0.494 e. The molecule has 0 unspecified atom stereocenters. The fourth-order valence-corrected chi connectivity index (χ4v) is 6.50. The molecule has 4 heterocycles. The van der Waals surface area contributed by atoms with Crippen LogP contribution in [-0.4, -0.2) is 116 Å². The number of carbonyl (C=O) groups is 3. The van der Waals surface area contributed by atoms with Crippen molar-refractivity contribution >= 4 is 58.5 Å². The number of nitrogens with zero attached hydrogens (tertiary/aromatic N) is 6. The minimum Gasteiger partial charge on any atom is -0.494 e. The molecule has 2 aromatic heterocycles. The zero-order valence-electron chi connectivity index (χ0n) is 28.1. The van der Waals surface area contributed by atoms with E-state index in [1.165, 1.54) is 45.5 Å². The molecule has 1 aliphatic carbocycles. The van der Waals surface area contributed by atoms with Crippen LogP contribution in [0.25, 0.3) is 11.3 Å². The Labute approximate surface area is 290 Å². The molecule has 250 valence electrons. The highest BCUT2D eigenvalue weighted by atomic mass is 16.5. The maximum absolute atomic E-state index is 13.7. The first-order chi connectivity index (χ1) is 23.5. The van der Waals surface area contributed by atoms with Gasteiger partial charge in [-0.1, -0.05) is 11.3 Å². The number of anilines is 3. The summed E-state index contributed by atoms with van der Waals surface area (Å²) in [6.07, 6.45) is 7.41. The molecule has 3 fully saturated rings. The molecule has 2 aliphatic heterocycles. The lowest BCUT2D eigenvalue weighted by molar-refractivity contribution is -0.117. The average molecular weight is 659 g/mol. The summed E-state index contributed by atoms with van der Waals surface area (Å²) in [6, 6.07) is 8.61. The number of para-hydroxylation sites is 1. The van der Waals surface area contributed by atoms with Crippen molar-refractivity contribution in [2.75, 3.05) is 50.5 Å². The molecule has 0 atom stereocenters. The third-order valence-corrected chi connectivity index (χ3v) is 9.36. The highest BCUT2D eigenvalue weighted by Gasteiger charge is 2.31. The van der Waals surface area contributed by atoms with Crippen molar-refractivity contribution in [2.24, 2.45) is 18.9 Å². The number of amides is 3. The molecule has 6 radical (unpaired) electrons. The van der Waals surface area contributed by atoms with E-state index in [0.717, 1.165) is 45.3 Å². The maximum Gasteiger partial charge on any atom is 0.272 e. The first-order valence-electron chi connectivity index (χ1n) is 16.9. The van der Waals surface area contributed by atoms with E-state index in [1.54, 1.807) is 29.9 Å². The zero-order chi connectivity index (χ0) is 34.7. The van der Waals surface area contributed by atoms with Crippen molar-refractivity contribution in [2.45, 2.75) is 50.2 Å². The van der Waals surface area contributed by atoms with Crippen LogP contribution in [0.5, 0.6) is 5.75 Å². The third kappa shape index (κ3) is 8.46. The number of aromatic nitrogens is 4. The van der Waals surface area contributed by atoms with Crippen LogP contribution in [0, 0.1) is 11.8 Å². The first kappa shape index (κ1) is 34.5. The maximum atomic E-state index is 13.7. The number of nitrogens with one attached hydrogen (secondary N) is 3. The van der Waals surface area contributed by atoms with Crippen molar-refractivity contribution in [1.29, 1.82) is 0 Å². The van der Waals surface area contributed by atoms with Gasteiger partial charge in [0.05, 0.1) is 47.7 Å². The van der Waals surface area contributed by atoms with E-state index in [-0.39, 0.29) is 34.9 Å². The number of rotatable bonds is 12. The second kappa shape index (κ2) is 14.7. The van der Waals surface area contributed by atoms with Gasteiger partial charge in [0, 0.05) is 37.7 Å². The zero-order valence-corrected chi connectivity index (χ0v) is 28.1. The SMILES string of the molecule is [B]C([B])([B])NC(=O)c1nnc(NC(=O)C2CC2)cc1Nc1cccc(-c2cc(C(=O)N3CCC(CCN4CCCC4)CC3)n(C)n2)c1OC. The molecule has 3 amide bonds. The highest BCUT2D eigenvalue weighted by Crippen LogP contribution is 2.39. The molecule has 0 spiro atoms. The first-order valence-corrected chi connectivity index (χ1v) is 16.9. The number of benzene rings is 1. The van der Waals surface area contributed by atoms with Crippen LogP contribution in [0.3, 0.4) is 0 Å². The van der Waals surface area contributed by atoms with Crippen molar-refractivity contribution in [1.82, 2.24) is 35.1 Å². The Bertz CT molecular complexity index is 1690. The lowest BCUT2D eigenvalue weighted by Crippen LogP contribution is -2.50. The molecule has 13 nitrogen and oxygen atoms in total. The number of likely N-dealkylation sites (tertiary alicyclic amines) is 2. The van der Waals surface area contributed by atoms with Crippen LogP contribution in [0.4, 0.5) is 17.2 Å². The van der Waals surface area contributed by atoms with Gasteiger partial charge in [0.15, 0.2) is 17.3 Å². The Morgan fingerprint density at radius 3 is 2.39 bits per heavy atom. The van der Waals surface area contributed by atoms with E-state index in [9.17, 15) is 14.4 Å². The topological polar surface area (TPSA) is 147 Å². The molecular formula is C33H40B3N9O4. The molecule has 2 saturated heterocycles. The number of hydrogen-bond donors (Lipinski definition) is 3. The van der Waals surface area contributed by atoms with Gasteiger partial charge in [-0.3, -0.25) is 19.1 Å². The Balaban J connectivity index is 1.20. The van der Waals surface area contributed by atoms with Crippen LogP contribution in [0.1, 0.15) is 65.9 Å². The summed E-state index contributed by atoms with van der Waals surface area (Å²) in [6.45, 7) is 5.03. The summed E-state index contributed by atoms with van der Waals surface area (Å²) in [7, 11) is 20.1. The van der Waals surface area contributed by atoms with Gasteiger partial charge >= 0.3 is 0 Å². The molecule has 3 N–H and O–H groups in total. The second-order valence-electron chi connectivity index (χ2n) is 13.3. The van der Waals surface area contributed by atoms with Gasteiger partial charge in [0.25, 0.3) is 11.8 Å². The number of carbonyl (C=O) groups excluding carboxylic acids is 3. The van der Waals surface area contributed by atoms with Crippen LogP contribution in [0.2, 0.25) is 0 Å². The number of aryl methyl sites for hydroxylation is 1. The van der Waals surface area contributed by atoms with Gasteiger partial charge in [-0.15, -0.1) is 10.2 Å². The Hall–Kier alpha value is -4.33. The van der Waals surface area contributed by atoms with Crippen molar-refractivity contribution in [3.8, 4) is 17.0 Å². The summed E-state index contributed by atoms with van der Waals surface area (Å²) in [5, 5.41) is 18.9. The van der Waals surface area contributed by atoms with Gasteiger partial charge in [-0.25, -0.2) is 0 Å². The summed E-state index contributed by atoms with van der Waals surface area (Å²) in [4.78, 5) is 43.6. The number of piperidine rings is 1. The third-order valence-electron chi connectivity index (χ3n) is 9.36. The van der Waals surface area contributed by atoms with Gasteiger partial charge in [0.2, 0.25) is 5.91 Å². The number of ether oxygens (including phenoxy) is 1. The van der Waals surface area contributed by atoms with Crippen LogP contribution >= 0.6 is 0 Å². The summed E-state index contributed by atoms with van der Waals surface area (Å²) in [5.74, 6) is 0.0949. The normalized spacial score (nSPS) is 17.1. The predicted molar refractivity (Wildman–Crippen MR) is 188 cm³/mol. The fraction of sp³-hybridized carbons (Fsp3) is 0.515. The van der Waals surface area contributed by atoms with Gasteiger partial charge in [0.1, 0.15) is 5.69 Å². The minimum atomic E-state index is -2.01. The molecule has 49 heavy (non-hydrogen) atoms. The quantitative estimate of drug-likeness (QED) is 0.249. The van der Waals surface area contributed by atoms with Crippen LogP contribution < -0.4 is 20.7 Å². The highest BCUT2D eigenvalue weighted by molar-refractivity contribution is 6.60. The van der Waals surface area contributed by atoms with Crippen molar-refractivity contribution in [3.05, 3.63) is 41.7 Å². The lowest BCUT2D eigenvalue weighted by atomic mass is 9.49. The lowest BCUT2D eigenvalue weighted by Gasteiger charge is -2.32. The van der Waals surface area contributed by atoms with Crippen molar-refractivity contribution < 1.29 is 19.1 Å². The van der Waals surface area contributed by atoms with Gasteiger partial charge in [-0.2, -0.15) is 5.10 Å². The second-order valence-corrected chi connectivity index (χ2v) is 13.3. The molecule has 3 aliphatic rings. The smallest absolute Gasteiger partial charge is 0.272 e. The molecule has 16 heteroatoms. The minimum absolute atomic E-state index is 0.0532. The molecule has 1 saturated carbocycles. The van der Waals surface area contributed by atoms with E-state index in [1.807, 2.05) is 11.0 Å². The summed E-state index contributed by atoms with van der Waals surface area (Å²) in [5.41, 5.74) is 2.09. The van der Waals surface area contributed by atoms with Crippen LogP contribution in [0.15, 0.2) is 30.3 Å². The number of hydrogen-bond acceptors (Lipinski definition) is 9. The Morgan fingerprint density at radius 1 is 0.980 bits per heavy atom. The van der Waals surface area contributed by atoms with Crippen molar-refractivity contribution in [3.63, 3.8) is 0 Å². The summed E-state index contributed by atoms with van der Waals surface area (Å²) < 4.78 is 7.44. The molecular weight excluding hydrogens is 619 g/mol. The van der Waals surface area contributed by atoms with E-state index in [2.05, 4.69) is 36.1 Å².